The van der Waals surface area contributed by atoms with Crippen molar-refractivity contribution < 1.29 is 14.6 Å². The van der Waals surface area contributed by atoms with Crippen molar-refractivity contribution in [1.82, 2.24) is 19.8 Å². The van der Waals surface area contributed by atoms with E-state index in [1.807, 2.05) is 0 Å². The Morgan fingerprint density at radius 1 is 1.41 bits per heavy atom. The third-order valence-corrected chi connectivity index (χ3v) is 5.19. The molecule has 0 spiro atoms. The van der Waals surface area contributed by atoms with E-state index in [4.69, 9.17) is 9.84 Å². The van der Waals surface area contributed by atoms with Crippen molar-refractivity contribution >= 4 is 17.1 Å². The van der Waals surface area contributed by atoms with Gasteiger partial charge in [0.05, 0.1) is 11.6 Å². The highest BCUT2D eigenvalue weighted by atomic mass is 16.5. The lowest BCUT2D eigenvalue weighted by Gasteiger charge is -2.36. The van der Waals surface area contributed by atoms with Crippen molar-refractivity contribution in [3.8, 4) is 11.8 Å². The van der Waals surface area contributed by atoms with Gasteiger partial charge >= 0.3 is 6.09 Å². The van der Waals surface area contributed by atoms with Crippen LogP contribution >= 0.6 is 0 Å². The molecule has 1 amide bonds. The molecule has 2 aromatic rings. The number of carbonyl (C=O) groups is 1. The molecule has 0 bridgehead atoms. The smallest absolute Gasteiger partial charge is 0.404 e. The van der Waals surface area contributed by atoms with Crippen LogP contribution in [0.15, 0.2) is 23.1 Å². The Bertz CT molecular complexity index is 988. The fourth-order valence-corrected chi connectivity index (χ4v) is 3.90. The number of nitriles is 1. The quantitative estimate of drug-likeness (QED) is 0.826. The summed E-state index contributed by atoms with van der Waals surface area (Å²) in [6.45, 7) is 2.41. The minimum atomic E-state index is -0.996. The van der Waals surface area contributed by atoms with Crippen molar-refractivity contribution in [2.75, 3.05) is 26.2 Å². The molecule has 27 heavy (non-hydrogen) atoms. The van der Waals surface area contributed by atoms with Crippen molar-refractivity contribution in [2.24, 2.45) is 0 Å². The molecule has 2 aliphatic heterocycles. The number of rotatable bonds is 3. The summed E-state index contributed by atoms with van der Waals surface area (Å²) in [5.41, 5.74) is 1.37. The molecule has 140 valence electrons. The van der Waals surface area contributed by atoms with Crippen LogP contribution in [0.2, 0.25) is 0 Å². The van der Waals surface area contributed by atoms with Crippen LogP contribution in [0.25, 0.3) is 11.0 Å². The molecule has 2 N–H and O–H groups in total. The molecule has 9 heteroatoms. The monoisotopic (exact) mass is 369 g/mol. The van der Waals surface area contributed by atoms with Gasteiger partial charge in [0.2, 0.25) is 0 Å². The van der Waals surface area contributed by atoms with E-state index in [2.05, 4.69) is 21.3 Å². The van der Waals surface area contributed by atoms with E-state index >= 15 is 0 Å². The van der Waals surface area contributed by atoms with E-state index in [1.165, 1.54) is 12.3 Å². The fraction of sp³-hybridized carbons (Fsp3) is 0.444. The number of ether oxygens (including phenoxy) is 1. The minimum absolute atomic E-state index is 0.0318. The third kappa shape index (κ3) is 3.19. The summed E-state index contributed by atoms with van der Waals surface area (Å²) in [6.07, 6.45) is 1.93. The molecule has 4 rings (SSSR count). The number of carboxylic acid groups (broad SMARTS) is 1. The van der Waals surface area contributed by atoms with Gasteiger partial charge < -0.3 is 20.1 Å². The molecular formula is C18H19N5O4. The molecule has 2 aromatic heterocycles. The third-order valence-electron chi connectivity index (χ3n) is 5.19. The standard InChI is InChI=1S/C18H19N5O4/c19-7-11-8-20-14-1-2-15(24)23-13(10-27-17(11)16(14)23)9-22-5-3-12(4-6-22)21-18(25)26/h1-2,8,12-13,21H,3-6,9-10H2,(H,25,26)/t13-/m1/s1. The Morgan fingerprint density at radius 2 is 2.19 bits per heavy atom. The average Bonchev–Trinajstić information content (AvgIpc) is 2.66. The molecule has 1 saturated heterocycles. The highest BCUT2D eigenvalue weighted by Gasteiger charge is 2.29. The SMILES string of the molecule is N#Cc1cnc2ccc(=O)n3c2c1OC[C@H]3CN1CCC(NC(=O)O)CC1. The summed E-state index contributed by atoms with van der Waals surface area (Å²) >= 11 is 0. The van der Waals surface area contributed by atoms with Gasteiger partial charge in [-0.05, 0) is 18.9 Å². The molecule has 4 heterocycles. The van der Waals surface area contributed by atoms with Crippen LogP contribution in [-0.2, 0) is 0 Å². The van der Waals surface area contributed by atoms with E-state index in [1.54, 1.807) is 10.6 Å². The maximum atomic E-state index is 12.6. The van der Waals surface area contributed by atoms with Crippen LogP contribution in [0.5, 0.6) is 5.75 Å². The second-order valence-electron chi connectivity index (χ2n) is 6.88. The van der Waals surface area contributed by atoms with E-state index < -0.39 is 6.09 Å². The summed E-state index contributed by atoms with van der Waals surface area (Å²) < 4.78 is 7.55. The number of nitrogens with one attached hydrogen (secondary N) is 1. The van der Waals surface area contributed by atoms with E-state index in [-0.39, 0.29) is 17.6 Å². The van der Waals surface area contributed by atoms with E-state index in [0.717, 1.165) is 25.9 Å². The number of amides is 1. The summed E-state index contributed by atoms with van der Waals surface area (Å²) in [5.74, 6) is 0.417. The highest BCUT2D eigenvalue weighted by molar-refractivity contribution is 5.84. The predicted octanol–water partition coefficient (Wildman–Crippen LogP) is 0.934. The Labute approximate surface area is 154 Å². The van der Waals surface area contributed by atoms with Gasteiger partial charge in [-0.1, -0.05) is 0 Å². The summed E-state index contributed by atoms with van der Waals surface area (Å²) in [5, 5.41) is 20.7. The number of hydrogen-bond acceptors (Lipinski definition) is 6. The van der Waals surface area contributed by atoms with Gasteiger partial charge in [0.15, 0.2) is 5.75 Å². The summed E-state index contributed by atoms with van der Waals surface area (Å²) in [4.78, 5) is 29.8. The zero-order valence-corrected chi connectivity index (χ0v) is 14.6. The molecule has 1 fully saturated rings. The van der Waals surface area contributed by atoms with Crippen LogP contribution in [0.3, 0.4) is 0 Å². The maximum absolute atomic E-state index is 12.6. The maximum Gasteiger partial charge on any atom is 0.404 e. The Morgan fingerprint density at radius 3 is 2.89 bits per heavy atom. The highest BCUT2D eigenvalue weighted by Crippen LogP contribution is 2.33. The molecule has 0 unspecified atom stereocenters. The van der Waals surface area contributed by atoms with Gasteiger partial charge in [-0.25, -0.2) is 4.79 Å². The van der Waals surface area contributed by atoms with Gasteiger partial charge in [-0.3, -0.25) is 14.3 Å². The lowest BCUT2D eigenvalue weighted by molar-refractivity contribution is 0.135. The summed E-state index contributed by atoms with van der Waals surface area (Å²) in [7, 11) is 0. The number of likely N-dealkylation sites (tertiary alicyclic amines) is 1. The van der Waals surface area contributed by atoms with Gasteiger partial charge in [-0.2, -0.15) is 5.26 Å². The first kappa shape index (κ1) is 17.3. The molecule has 0 aromatic carbocycles. The van der Waals surface area contributed by atoms with Crippen LogP contribution < -0.4 is 15.6 Å². The second kappa shape index (κ2) is 6.89. The van der Waals surface area contributed by atoms with Crippen LogP contribution in [-0.4, -0.2) is 57.9 Å². The van der Waals surface area contributed by atoms with Crippen molar-refractivity contribution in [2.45, 2.75) is 24.9 Å². The van der Waals surface area contributed by atoms with Gasteiger partial charge in [0.25, 0.3) is 5.56 Å². The first-order valence-corrected chi connectivity index (χ1v) is 8.86. The molecular weight excluding hydrogens is 350 g/mol. The molecule has 0 radical (unpaired) electrons. The summed E-state index contributed by atoms with van der Waals surface area (Å²) in [6, 6.07) is 4.99. The molecule has 1 atom stereocenters. The zero-order chi connectivity index (χ0) is 19.0. The number of piperidine rings is 1. The Balaban J connectivity index is 1.59. The molecule has 9 nitrogen and oxygen atoms in total. The normalized spacial score (nSPS) is 20.0. The number of hydrogen-bond donors (Lipinski definition) is 2. The Kier molecular flexibility index (Phi) is 4.41. The van der Waals surface area contributed by atoms with Gasteiger partial charge in [-0.15, -0.1) is 0 Å². The van der Waals surface area contributed by atoms with Crippen molar-refractivity contribution in [3.05, 3.63) is 34.2 Å². The van der Waals surface area contributed by atoms with Crippen LogP contribution in [0.1, 0.15) is 24.4 Å². The predicted molar refractivity (Wildman–Crippen MR) is 95.9 cm³/mol. The largest absolute Gasteiger partial charge is 0.488 e. The number of nitrogens with zero attached hydrogens (tertiary/aromatic N) is 4. The first-order chi connectivity index (χ1) is 13.1. The molecule has 0 aliphatic carbocycles. The Hall–Kier alpha value is -3.12. The van der Waals surface area contributed by atoms with E-state index in [9.17, 15) is 14.9 Å². The van der Waals surface area contributed by atoms with Crippen molar-refractivity contribution in [3.63, 3.8) is 0 Å². The molecule has 0 saturated carbocycles. The topological polar surface area (TPSA) is 120 Å². The van der Waals surface area contributed by atoms with Crippen LogP contribution in [0.4, 0.5) is 4.79 Å². The lowest BCUT2D eigenvalue weighted by Crippen LogP contribution is -2.47. The average molecular weight is 369 g/mol. The van der Waals surface area contributed by atoms with Crippen molar-refractivity contribution in [1.29, 1.82) is 5.26 Å². The van der Waals surface area contributed by atoms with Gasteiger partial charge in [0.1, 0.15) is 23.8 Å². The van der Waals surface area contributed by atoms with E-state index in [0.29, 0.717) is 35.5 Å². The number of aromatic nitrogens is 2. The number of pyridine rings is 2. The zero-order valence-electron chi connectivity index (χ0n) is 14.6. The minimum Gasteiger partial charge on any atom is -0.488 e. The molecule has 2 aliphatic rings. The van der Waals surface area contributed by atoms with Crippen LogP contribution in [0, 0.1) is 11.3 Å². The first-order valence-electron chi connectivity index (χ1n) is 8.86. The van der Waals surface area contributed by atoms with Gasteiger partial charge in [0, 0.05) is 37.9 Å². The lowest BCUT2D eigenvalue weighted by atomic mass is 10.0. The second-order valence-corrected chi connectivity index (χ2v) is 6.88. The fourth-order valence-electron chi connectivity index (χ4n) is 3.90.